The van der Waals surface area contributed by atoms with Crippen LogP contribution in [0.25, 0.3) is 0 Å². The molecule has 2 aliphatic heterocycles. The Bertz CT molecular complexity index is 777. The van der Waals surface area contributed by atoms with Gasteiger partial charge in [0.05, 0.1) is 0 Å². The number of piperidine rings is 1. The second-order valence-corrected chi connectivity index (χ2v) is 7.61. The van der Waals surface area contributed by atoms with Crippen LogP contribution in [0.2, 0.25) is 0 Å². The quantitative estimate of drug-likeness (QED) is 0.895. The average Bonchev–Trinajstić information content (AvgIpc) is 3.24. The monoisotopic (exact) mass is 365 g/mol. The Morgan fingerprint density at radius 3 is 2.44 bits per heavy atom. The third kappa shape index (κ3) is 4.21. The van der Waals surface area contributed by atoms with Crippen molar-refractivity contribution in [3.8, 4) is 0 Å². The van der Waals surface area contributed by atoms with E-state index in [4.69, 9.17) is 0 Å². The zero-order valence-electron chi connectivity index (χ0n) is 15.9. The van der Waals surface area contributed by atoms with Gasteiger partial charge in [-0.3, -0.25) is 4.79 Å². The molecule has 2 fully saturated rings. The summed E-state index contributed by atoms with van der Waals surface area (Å²) in [5, 5.41) is 3.22. The molecule has 2 saturated heterocycles. The third-order valence-corrected chi connectivity index (χ3v) is 5.54. The second kappa shape index (κ2) is 7.94. The summed E-state index contributed by atoms with van der Waals surface area (Å²) in [7, 11) is 0. The molecule has 2 aromatic rings. The van der Waals surface area contributed by atoms with Gasteiger partial charge in [0.2, 0.25) is 5.95 Å². The van der Waals surface area contributed by atoms with Gasteiger partial charge in [-0.1, -0.05) is 6.92 Å². The van der Waals surface area contributed by atoms with Gasteiger partial charge in [-0.05, 0) is 61.9 Å². The number of carbonyl (C=O) groups is 1. The molecule has 142 valence electrons. The van der Waals surface area contributed by atoms with Crippen LogP contribution in [0, 0.1) is 5.92 Å². The van der Waals surface area contributed by atoms with Crippen LogP contribution in [0.15, 0.2) is 36.5 Å². The number of rotatable bonds is 4. The zero-order chi connectivity index (χ0) is 18.6. The van der Waals surface area contributed by atoms with E-state index in [0.29, 0.717) is 17.6 Å². The van der Waals surface area contributed by atoms with Gasteiger partial charge in [-0.15, -0.1) is 0 Å². The van der Waals surface area contributed by atoms with E-state index in [1.165, 1.54) is 18.5 Å². The maximum atomic E-state index is 12.7. The summed E-state index contributed by atoms with van der Waals surface area (Å²) in [6, 6.07) is 10.0. The van der Waals surface area contributed by atoms with E-state index in [0.717, 1.165) is 44.7 Å². The highest BCUT2D eigenvalue weighted by molar-refractivity contribution is 5.92. The van der Waals surface area contributed by atoms with Crippen LogP contribution in [-0.2, 0) is 0 Å². The van der Waals surface area contributed by atoms with E-state index < -0.39 is 0 Å². The molecular formula is C21H27N5O. The summed E-state index contributed by atoms with van der Waals surface area (Å²) >= 11 is 0. The van der Waals surface area contributed by atoms with E-state index in [2.05, 4.69) is 39.2 Å². The van der Waals surface area contributed by atoms with E-state index in [-0.39, 0.29) is 5.91 Å². The van der Waals surface area contributed by atoms with Crippen molar-refractivity contribution in [1.82, 2.24) is 14.9 Å². The van der Waals surface area contributed by atoms with E-state index in [9.17, 15) is 4.79 Å². The Balaban J connectivity index is 1.42. The highest BCUT2D eigenvalue weighted by Crippen LogP contribution is 2.23. The molecule has 0 spiro atoms. The molecule has 27 heavy (non-hydrogen) atoms. The molecule has 1 N–H and O–H groups in total. The number of benzene rings is 1. The summed E-state index contributed by atoms with van der Waals surface area (Å²) in [4.78, 5) is 25.7. The summed E-state index contributed by atoms with van der Waals surface area (Å²) in [5.41, 5.74) is 2.63. The molecule has 0 atom stereocenters. The lowest BCUT2D eigenvalue weighted by molar-refractivity contribution is 0.0691. The maximum Gasteiger partial charge on any atom is 0.272 e. The Labute approximate surface area is 160 Å². The largest absolute Gasteiger partial charge is 0.372 e. The number of likely N-dealkylation sites (tertiary alicyclic amines) is 1. The minimum Gasteiger partial charge on any atom is -0.372 e. The van der Waals surface area contributed by atoms with Crippen LogP contribution >= 0.6 is 0 Å². The molecule has 3 heterocycles. The van der Waals surface area contributed by atoms with Crippen molar-refractivity contribution in [3.05, 3.63) is 42.2 Å². The number of aromatic nitrogens is 2. The fourth-order valence-corrected chi connectivity index (χ4v) is 3.77. The molecular weight excluding hydrogens is 338 g/mol. The smallest absolute Gasteiger partial charge is 0.272 e. The van der Waals surface area contributed by atoms with E-state index in [1.54, 1.807) is 12.3 Å². The minimum absolute atomic E-state index is 0.00303. The highest BCUT2D eigenvalue weighted by Gasteiger charge is 2.22. The highest BCUT2D eigenvalue weighted by atomic mass is 16.2. The average molecular weight is 365 g/mol. The molecule has 0 bridgehead atoms. The molecule has 1 amide bonds. The Kier molecular flexibility index (Phi) is 5.23. The first-order chi connectivity index (χ1) is 13.2. The van der Waals surface area contributed by atoms with Crippen LogP contribution in [-0.4, -0.2) is 47.0 Å². The van der Waals surface area contributed by atoms with Crippen molar-refractivity contribution in [2.24, 2.45) is 5.92 Å². The molecule has 0 aliphatic carbocycles. The van der Waals surface area contributed by atoms with Crippen molar-refractivity contribution in [2.45, 2.75) is 32.6 Å². The number of carbonyl (C=O) groups excluding carboxylic acids is 1. The predicted octanol–water partition coefficient (Wildman–Crippen LogP) is 3.69. The van der Waals surface area contributed by atoms with Crippen molar-refractivity contribution < 1.29 is 4.79 Å². The number of hydrogen-bond acceptors (Lipinski definition) is 5. The Morgan fingerprint density at radius 2 is 1.74 bits per heavy atom. The van der Waals surface area contributed by atoms with Gasteiger partial charge in [-0.2, -0.15) is 0 Å². The lowest BCUT2D eigenvalue weighted by Gasteiger charge is -2.30. The standard InChI is InChI=1S/C21H27N5O/c1-16-9-14-26(15-10-16)20(27)19-8-11-22-21(24-19)23-17-4-6-18(7-5-17)25-12-2-3-13-25/h4-8,11,16H,2-3,9-10,12-15H2,1H3,(H,22,23,24). The van der Waals surface area contributed by atoms with Crippen molar-refractivity contribution in [2.75, 3.05) is 36.4 Å². The van der Waals surface area contributed by atoms with Gasteiger partial charge in [0.15, 0.2) is 0 Å². The molecule has 1 aromatic heterocycles. The lowest BCUT2D eigenvalue weighted by atomic mass is 9.99. The number of nitrogens with zero attached hydrogens (tertiary/aromatic N) is 4. The van der Waals surface area contributed by atoms with Crippen molar-refractivity contribution >= 4 is 23.2 Å². The molecule has 1 aromatic carbocycles. The fraction of sp³-hybridized carbons (Fsp3) is 0.476. The summed E-state index contributed by atoms with van der Waals surface area (Å²) in [6.45, 7) is 6.13. The van der Waals surface area contributed by atoms with Gasteiger partial charge in [-0.25, -0.2) is 9.97 Å². The fourth-order valence-electron chi connectivity index (χ4n) is 3.77. The number of anilines is 3. The van der Waals surface area contributed by atoms with Gasteiger partial charge < -0.3 is 15.1 Å². The molecule has 0 saturated carbocycles. The molecule has 2 aliphatic rings. The summed E-state index contributed by atoms with van der Waals surface area (Å²) in [6.07, 6.45) is 6.31. The number of amides is 1. The second-order valence-electron chi connectivity index (χ2n) is 7.61. The Morgan fingerprint density at radius 1 is 1.04 bits per heavy atom. The maximum absolute atomic E-state index is 12.7. The molecule has 0 radical (unpaired) electrons. The van der Waals surface area contributed by atoms with E-state index in [1.807, 2.05) is 17.0 Å². The first-order valence-electron chi connectivity index (χ1n) is 9.93. The molecule has 6 nitrogen and oxygen atoms in total. The summed E-state index contributed by atoms with van der Waals surface area (Å²) in [5.74, 6) is 1.15. The predicted molar refractivity (Wildman–Crippen MR) is 108 cm³/mol. The SMILES string of the molecule is CC1CCN(C(=O)c2ccnc(Nc3ccc(N4CCCC4)cc3)n2)CC1. The van der Waals surface area contributed by atoms with Gasteiger partial charge in [0.25, 0.3) is 5.91 Å². The lowest BCUT2D eigenvalue weighted by Crippen LogP contribution is -2.38. The van der Waals surface area contributed by atoms with Crippen molar-refractivity contribution in [1.29, 1.82) is 0 Å². The minimum atomic E-state index is -0.00303. The van der Waals surface area contributed by atoms with Crippen LogP contribution in [0.3, 0.4) is 0 Å². The topological polar surface area (TPSA) is 61.4 Å². The normalized spacial score (nSPS) is 18.0. The Hall–Kier alpha value is -2.63. The van der Waals surface area contributed by atoms with Crippen molar-refractivity contribution in [3.63, 3.8) is 0 Å². The summed E-state index contributed by atoms with van der Waals surface area (Å²) < 4.78 is 0. The first-order valence-corrected chi connectivity index (χ1v) is 9.93. The van der Waals surface area contributed by atoms with Gasteiger partial charge >= 0.3 is 0 Å². The number of hydrogen-bond donors (Lipinski definition) is 1. The molecule has 4 rings (SSSR count). The number of nitrogens with one attached hydrogen (secondary N) is 1. The molecule has 0 unspecified atom stereocenters. The first kappa shape index (κ1) is 17.8. The van der Waals surface area contributed by atoms with Crippen LogP contribution < -0.4 is 10.2 Å². The van der Waals surface area contributed by atoms with E-state index >= 15 is 0 Å². The van der Waals surface area contributed by atoms with Crippen LogP contribution in [0.4, 0.5) is 17.3 Å². The van der Waals surface area contributed by atoms with Gasteiger partial charge in [0, 0.05) is 43.8 Å². The van der Waals surface area contributed by atoms with Crippen LogP contribution in [0.1, 0.15) is 43.1 Å². The zero-order valence-corrected chi connectivity index (χ0v) is 15.9. The third-order valence-electron chi connectivity index (χ3n) is 5.54. The van der Waals surface area contributed by atoms with Gasteiger partial charge in [0.1, 0.15) is 5.69 Å². The molecule has 6 heteroatoms. The van der Waals surface area contributed by atoms with Crippen LogP contribution in [0.5, 0.6) is 0 Å².